The second kappa shape index (κ2) is 9.75. The summed E-state index contributed by atoms with van der Waals surface area (Å²) in [4.78, 5) is 21.8. The number of aromatic nitrogens is 2. The molecule has 3 aromatic carbocycles. The summed E-state index contributed by atoms with van der Waals surface area (Å²) in [6.45, 7) is 2.12. The van der Waals surface area contributed by atoms with Gasteiger partial charge in [-0.15, -0.1) is 0 Å². The monoisotopic (exact) mass is 424 g/mol. The molecular formula is C26H24N4O2. The molecule has 0 saturated heterocycles. The van der Waals surface area contributed by atoms with Gasteiger partial charge in [-0.25, -0.2) is 9.97 Å². The number of anilines is 2. The van der Waals surface area contributed by atoms with Crippen molar-refractivity contribution in [2.45, 2.75) is 6.92 Å². The third kappa shape index (κ3) is 5.29. The number of hydrogen-bond donors (Lipinski definition) is 2. The van der Waals surface area contributed by atoms with Crippen LogP contribution in [0.3, 0.4) is 0 Å². The van der Waals surface area contributed by atoms with Crippen molar-refractivity contribution in [2.75, 3.05) is 24.3 Å². The lowest BCUT2D eigenvalue weighted by atomic mass is 10.1. The molecule has 1 heterocycles. The first-order chi connectivity index (χ1) is 15.6. The molecule has 4 rings (SSSR count). The van der Waals surface area contributed by atoms with E-state index in [0.717, 1.165) is 34.0 Å². The Bertz CT molecular complexity index is 1210. The average Bonchev–Trinajstić information content (AvgIpc) is 2.83. The van der Waals surface area contributed by atoms with Gasteiger partial charge in [-0.05, 0) is 25.1 Å². The third-order valence-electron chi connectivity index (χ3n) is 4.92. The molecule has 0 bridgehead atoms. The van der Waals surface area contributed by atoms with Crippen LogP contribution in [0.1, 0.15) is 5.56 Å². The van der Waals surface area contributed by atoms with Gasteiger partial charge in [-0.2, -0.15) is 0 Å². The first-order valence-electron chi connectivity index (χ1n) is 10.3. The molecule has 4 aromatic rings. The fourth-order valence-corrected chi connectivity index (χ4v) is 3.22. The highest BCUT2D eigenvalue weighted by atomic mass is 16.5. The number of carbonyl (C=O) groups excluding carboxylic acids is 1. The molecule has 0 aliphatic carbocycles. The van der Waals surface area contributed by atoms with Crippen LogP contribution < -0.4 is 15.4 Å². The number of nitrogens with one attached hydrogen (secondary N) is 2. The Morgan fingerprint density at radius 1 is 0.844 bits per heavy atom. The van der Waals surface area contributed by atoms with Gasteiger partial charge in [0, 0.05) is 22.9 Å². The average molecular weight is 425 g/mol. The Kier molecular flexibility index (Phi) is 6.41. The lowest BCUT2D eigenvalue weighted by Crippen LogP contribution is -2.23. The number of nitrogens with zero attached hydrogens (tertiary/aromatic N) is 2. The Morgan fingerprint density at radius 3 is 2.22 bits per heavy atom. The second-order valence-electron chi connectivity index (χ2n) is 7.33. The van der Waals surface area contributed by atoms with Crippen molar-refractivity contribution in [2.24, 2.45) is 0 Å². The van der Waals surface area contributed by atoms with E-state index in [1.807, 2.05) is 91.9 Å². The standard InChI is InChI=1S/C26H24N4O2/c1-18-11-13-20(14-12-18)24-16-23(19-7-4-3-5-8-19)28-26(29-24)30-25(31)17-27-21-9-6-10-22(15-21)32-2/h3-16,27H,17H2,1-2H3,(H,28,29,30,31). The molecule has 1 amide bonds. The summed E-state index contributed by atoms with van der Waals surface area (Å²) in [7, 11) is 1.61. The van der Waals surface area contributed by atoms with E-state index in [1.54, 1.807) is 7.11 Å². The van der Waals surface area contributed by atoms with Crippen LogP contribution in [-0.2, 0) is 4.79 Å². The van der Waals surface area contributed by atoms with Gasteiger partial charge in [-0.3, -0.25) is 10.1 Å². The summed E-state index contributed by atoms with van der Waals surface area (Å²) in [6.07, 6.45) is 0. The molecule has 0 radical (unpaired) electrons. The first kappa shape index (κ1) is 21.1. The summed E-state index contributed by atoms with van der Waals surface area (Å²) in [5, 5.41) is 5.91. The molecule has 0 spiro atoms. The van der Waals surface area contributed by atoms with Crippen molar-refractivity contribution in [1.29, 1.82) is 0 Å². The Labute approximate surface area is 187 Å². The molecule has 1 aromatic heterocycles. The number of rotatable bonds is 7. The maximum atomic E-state index is 12.6. The highest BCUT2D eigenvalue weighted by molar-refractivity contribution is 5.92. The number of carbonyl (C=O) groups is 1. The Hall–Kier alpha value is -4.19. The van der Waals surface area contributed by atoms with E-state index < -0.39 is 0 Å². The SMILES string of the molecule is COc1cccc(NCC(=O)Nc2nc(-c3ccccc3)cc(-c3ccc(C)cc3)n2)c1. The number of aryl methyl sites for hydroxylation is 1. The van der Waals surface area contributed by atoms with E-state index in [0.29, 0.717) is 0 Å². The van der Waals surface area contributed by atoms with Gasteiger partial charge in [0.1, 0.15) is 5.75 Å². The first-order valence-corrected chi connectivity index (χ1v) is 10.3. The summed E-state index contributed by atoms with van der Waals surface area (Å²) < 4.78 is 5.21. The van der Waals surface area contributed by atoms with Crippen LogP contribution in [0.15, 0.2) is 84.9 Å². The molecule has 2 N–H and O–H groups in total. The largest absolute Gasteiger partial charge is 0.497 e. The van der Waals surface area contributed by atoms with E-state index >= 15 is 0 Å². The lowest BCUT2D eigenvalue weighted by Gasteiger charge is -2.11. The number of amides is 1. The van der Waals surface area contributed by atoms with E-state index in [-0.39, 0.29) is 18.4 Å². The van der Waals surface area contributed by atoms with Gasteiger partial charge < -0.3 is 10.1 Å². The Balaban J connectivity index is 1.57. The minimum absolute atomic E-state index is 0.0754. The highest BCUT2D eigenvalue weighted by Crippen LogP contribution is 2.25. The van der Waals surface area contributed by atoms with Crippen molar-refractivity contribution in [1.82, 2.24) is 9.97 Å². The zero-order chi connectivity index (χ0) is 22.3. The fourth-order valence-electron chi connectivity index (χ4n) is 3.22. The summed E-state index contributed by atoms with van der Waals surface area (Å²) in [5.74, 6) is 0.740. The van der Waals surface area contributed by atoms with Crippen molar-refractivity contribution in [3.63, 3.8) is 0 Å². The summed E-state index contributed by atoms with van der Waals surface area (Å²) >= 11 is 0. The molecule has 0 aliphatic rings. The van der Waals surface area contributed by atoms with Crippen molar-refractivity contribution in [3.8, 4) is 28.3 Å². The number of hydrogen-bond acceptors (Lipinski definition) is 5. The maximum absolute atomic E-state index is 12.6. The van der Waals surface area contributed by atoms with Gasteiger partial charge in [0.15, 0.2) is 0 Å². The summed E-state index contributed by atoms with van der Waals surface area (Å²) in [6, 6.07) is 27.3. The zero-order valence-electron chi connectivity index (χ0n) is 18.0. The molecule has 0 saturated carbocycles. The van der Waals surface area contributed by atoms with Gasteiger partial charge in [-0.1, -0.05) is 66.2 Å². The smallest absolute Gasteiger partial charge is 0.246 e. The molecule has 32 heavy (non-hydrogen) atoms. The van der Waals surface area contributed by atoms with Crippen molar-refractivity contribution < 1.29 is 9.53 Å². The van der Waals surface area contributed by atoms with E-state index in [4.69, 9.17) is 4.74 Å². The van der Waals surface area contributed by atoms with Crippen LogP contribution in [0.5, 0.6) is 5.75 Å². The fraction of sp³-hybridized carbons (Fsp3) is 0.115. The van der Waals surface area contributed by atoms with E-state index in [1.165, 1.54) is 5.56 Å². The zero-order valence-corrected chi connectivity index (χ0v) is 18.0. The molecule has 0 unspecified atom stereocenters. The topological polar surface area (TPSA) is 76.1 Å². The van der Waals surface area contributed by atoms with Gasteiger partial charge in [0.2, 0.25) is 11.9 Å². The molecule has 0 aliphatic heterocycles. The Morgan fingerprint density at radius 2 is 1.53 bits per heavy atom. The van der Waals surface area contributed by atoms with Crippen molar-refractivity contribution >= 4 is 17.5 Å². The van der Waals surface area contributed by atoms with Crippen LogP contribution in [0.25, 0.3) is 22.5 Å². The third-order valence-corrected chi connectivity index (χ3v) is 4.92. The quantitative estimate of drug-likeness (QED) is 0.428. The van der Waals surface area contributed by atoms with Crippen LogP contribution in [-0.4, -0.2) is 29.5 Å². The summed E-state index contributed by atoms with van der Waals surface area (Å²) in [5.41, 5.74) is 5.36. The van der Waals surface area contributed by atoms with Crippen molar-refractivity contribution in [3.05, 3.63) is 90.5 Å². The molecule has 160 valence electrons. The van der Waals surface area contributed by atoms with Gasteiger partial charge in [0.05, 0.1) is 25.0 Å². The number of ether oxygens (including phenoxy) is 1. The molecule has 6 nitrogen and oxygen atoms in total. The minimum Gasteiger partial charge on any atom is -0.497 e. The second-order valence-corrected chi connectivity index (χ2v) is 7.33. The van der Waals surface area contributed by atoms with Crippen LogP contribution in [0, 0.1) is 6.92 Å². The predicted octanol–water partition coefficient (Wildman–Crippen LogP) is 5.18. The van der Waals surface area contributed by atoms with Gasteiger partial charge in [0.25, 0.3) is 0 Å². The molecule has 6 heteroatoms. The van der Waals surface area contributed by atoms with E-state index in [2.05, 4.69) is 20.6 Å². The molecule has 0 fully saturated rings. The van der Waals surface area contributed by atoms with Crippen LogP contribution >= 0.6 is 0 Å². The normalized spacial score (nSPS) is 10.4. The maximum Gasteiger partial charge on any atom is 0.246 e. The van der Waals surface area contributed by atoms with Gasteiger partial charge >= 0.3 is 0 Å². The minimum atomic E-state index is -0.243. The van der Waals surface area contributed by atoms with Crippen LogP contribution in [0.4, 0.5) is 11.6 Å². The van der Waals surface area contributed by atoms with Crippen LogP contribution in [0.2, 0.25) is 0 Å². The number of benzene rings is 3. The van der Waals surface area contributed by atoms with E-state index in [9.17, 15) is 4.79 Å². The highest BCUT2D eigenvalue weighted by Gasteiger charge is 2.11. The number of methoxy groups -OCH3 is 1. The lowest BCUT2D eigenvalue weighted by molar-refractivity contribution is -0.114. The molecule has 0 atom stereocenters. The predicted molar refractivity (Wildman–Crippen MR) is 128 cm³/mol. The molecular weight excluding hydrogens is 400 g/mol.